The smallest absolute Gasteiger partial charge is 0.345 e. The van der Waals surface area contributed by atoms with Crippen LogP contribution in [0.3, 0.4) is 0 Å². The van der Waals surface area contributed by atoms with Gasteiger partial charge in [-0.3, -0.25) is 24.0 Å². The molecule has 5 aromatic carbocycles. The Labute approximate surface area is 867 Å². The number of aliphatic hydroxyl groups is 5. The molecule has 10 N–H and O–H groups in total. The van der Waals surface area contributed by atoms with E-state index in [1.807, 2.05) is 158 Å². The lowest BCUT2D eigenvalue weighted by atomic mass is 10.0. The highest BCUT2D eigenvalue weighted by Crippen LogP contribution is 2.38. The predicted octanol–water partition coefficient (Wildman–Crippen LogP) is 22.5. The molecule has 29 nitrogen and oxygen atoms in total. The fourth-order valence-corrected chi connectivity index (χ4v) is 21.8. The molecule has 5 fully saturated rings. The molecule has 10 heterocycles. The van der Waals surface area contributed by atoms with E-state index < -0.39 is 60.4 Å². The monoisotopic (exact) mass is 2080 g/mol. The van der Waals surface area contributed by atoms with Gasteiger partial charge in [0.25, 0.3) is 0 Å². The Morgan fingerprint density at radius 3 is 0.828 bits per heavy atom. The molecule has 5 aromatic heterocycles. The average Bonchev–Trinajstić information content (AvgIpc) is 1.70. The molecule has 10 aromatic rings. The molecule has 0 spiro atoms. The molecule has 15 rings (SSSR count). The number of nitrogens with zero attached hydrogens (tertiary/aromatic N) is 5. The summed E-state index contributed by atoms with van der Waals surface area (Å²) in [7, 11) is 0. The van der Waals surface area contributed by atoms with Gasteiger partial charge >= 0.3 is 29.8 Å². The number of thiophene rings is 5. The number of benzene rings is 5. The van der Waals surface area contributed by atoms with E-state index in [1.165, 1.54) is 69.5 Å². The number of aliphatic hydroxyl groups excluding tert-OH is 5. The normalized spacial score (nSPS) is 17.7. The van der Waals surface area contributed by atoms with E-state index in [2.05, 4.69) is 20.8 Å². The van der Waals surface area contributed by atoms with Gasteiger partial charge in [-0.1, -0.05) is 172 Å². The van der Waals surface area contributed by atoms with E-state index in [4.69, 9.17) is 44.5 Å². The van der Waals surface area contributed by atoms with Gasteiger partial charge in [-0.2, -0.15) is 0 Å². The summed E-state index contributed by atoms with van der Waals surface area (Å²) in [5, 5.41) is 96.0. The van der Waals surface area contributed by atoms with Gasteiger partial charge in [0.2, 0.25) is 29.5 Å². The third-order valence-electron chi connectivity index (χ3n) is 25.8. The number of anilines is 5. The summed E-state index contributed by atoms with van der Waals surface area (Å²) in [5.41, 5.74) is 8.45. The van der Waals surface area contributed by atoms with Crippen LogP contribution < -0.4 is 24.5 Å². The van der Waals surface area contributed by atoms with E-state index in [9.17, 15) is 73.5 Å². The average molecular weight is 2080 g/mol. The summed E-state index contributed by atoms with van der Waals surface area (Å²) >= 11 is 6.08. The number of carbonyl (C=O) groups is 10. The van der Waals surface area contributed by atoms with E-state index in [0.29, 0.717) is 129 Å². The van der Waals surface area contributed by atoms with Crippen molar-refractivity contribution >= 4 is 145 Å². The van der Waals surface area contributed by atoms with Gasteiger partial charge in [-0.15, -0.1) is 56.7 Å². The van der Waals surface area contributed by atoms with Gasteiger partial charge in [0.05, 0.1) is 114 Å². The third kappa shape index (κ3) is 33.9. The molecule has 0 aliphatic carbocycles. The first-order valence-electron chi connectivity index (χ1n) is 50.0. The topological polar surface area (TPSA) is 426 Å². The van der Waals surface area contributed by atoms with E-state index in [-0.39, 0.29) is 59.7 Å². The molecule has 5 amide bonds. The van der Waals surface area contributed by atoms with Crippen molar-refractivity contribution in [1.29, 1.82) is 0 Å². The van der Waals surface area contributed by atoms with Crippen LogP contribution in [0.2, 0.25) is 0 Å². The zero-order chi connectivity index (χ0) is 104. The molecule has 0 bridgehead atoms. The Bertz CT molecular complexity index is 5840. The van der Waals surface area contributed by atoms with Gasteiger partial charge in [0, 0.05) is 84.9 Å². The molecule has 5 aliphatic heterocycles. The lowest BCUT2D eigenvalue weighted by Gasteiger charge is -2.25. The second-order valence-corrected chi connectivity index (χ2v) is 42.3. The number of aromatic carboxylic acids is 5. The van der Waals surface area contributed by atoms with Crippen molar-refractivity contribution in [2.24, 2.45) is 0 Å². The van der Waals surface area contributed by atoms with Crippen LogP contribution in [-0.4, -0.2) is 167 Å². The van der Waals surface area contributed by atoms with E-state index >= 15 is 0 Å². The molecule has 34 heteroatoms. The number of carboxylic acid groups (broad SMARTS) is 5. The number of ether oxygens (including phenoxy) is 4. The van der Waals surface area contributed by atoms with Gasteiger partial charge in [-0.05, 0) is 220 Å². The number of amides is 5. The number of unbranched alkanes of at least 4 members (excludes halogenated alkanes) is 6. The van der Waals surface area contributed by atoms with Crippen molar-refractivity contribution < 1.29 is 118 Å². The van der Waals surface area contributed by atoms with Gasteiger partial charge in [-0.25, -0.2) is 24.0 Å². The van der Waals surface area contributed by atoms with Crippen LogP contribution in [0.15, 0.2) is 194 Å². The Morgan fingerprint density at radius 1 is 0.297 bits per heavy atom. The first kappa shape index (κ1) is 114. The molecule has 0 radical (unpaired) electrons. The summed E-state index contributed by atoms with van der Waals surface area (Å²) in [4.78, 5) is 132. The van der Waals surface area contributed by atoms with Crippen LogP contribution in [0.25, 0.3) is 0 Å². The van der Waals surface area contributed by atoms with Gasteiger partial charge in [0.15, 0.2) is 0 Å². The van der Waals surface area contributed by atoms with Crippen molar-refractivity contribution in [3.05, 3.63) is 271 Å². The fourth-order valence-electron chi connectivity index (χ4n) is 17.9. The maximum Gasteiger partial charge on any atom is 0.345 e. The minimum Gasteiger partial charge on any atom is -0.477 e. The molecule has 145 heavy (non-hydrogen) atoms. The Morgan fingerprint density at radius 2 is 0.545 bits per heavy atom. The Kier molecular flexibility index (Phi) is 45.8. The first-order valence-corrected chi connectivity index (χ1v) is 54.1. The zero-order valence-electron chi connectivity index (χ0n) is 82.8. The van der Waals surface area contributed by atoms with E-state index in [1.54, 1.807) is 74.2 Å². The van der Waals surface area contributed by atoms with Gasteiger partial charge < -0.3 is 94.5 Å². The first-order chi connectivity index (χ1) is 70.0. The maximum absolute atomic E-state index is 12.5. The SMILES string of the molecule is CCC(O)c1ccc(N2C(=O)CC[C@H]2COCc2ccc(C(=O)O)s2)cc1.CCCC(O)c1ccc(N2C(=O)CC[C@H]2COCc2ccc(C(=O)O)s2)cc1.CCCCC(O)c1ccc(N2C(=O)CC[C@H]2COCc2ccc(C(=O)O)s2)cc1.CCCCCC(O)c1ccc(N2C(=O)CC[C@H]2C=CCc2ccc(C(=O)O)s2)cc1.CCCCCCC(O)c1ccc(N2C(=O)CC[C@H]2COCc2ccc(C(=O)O)s2)cc1. The standard InChI is InChI=1S/C24H31NO5S.C24H29NO4S.C22H27NO5S.C21H25NO5S.C20H23NO5S/c1-2-3-4-5-6-21(26)17-7-9-18(10-8-17)25-19(11-14-23(25)27)15-30-16-20-12-13-22(31-20)24(28)29;1-2-3-4-8-21(26)17-9-11-19(12-10-17)25-18(13-16-23(25)27)6-5-7-20-14-15-22(30-20)24(28)29;1-2-3-4-19(24)15-5-7-16(8-6-15)23-17(9-12-21(23)25)13-28-14-18-10-11-20(29-18)22(26)27;1-2-3-18(23)14-4-6-15(7-5-14)22-16(8-11-20(22)24)12-27-13-17-9-10-19(28-17)21(25)26;1-2-17(22)13-3-5-14(6-4-13)21-15(7-10-19(21)23)11-26-12-16-8-9-18(27-16)20(24)25/h7-10,12-13,19,21,26H,2-6,11,14-16H2,1H3,(H,28,29);5-6,9-12,14-15,18,21,26H,2-4,7-8,13,16H2,1H3,(H,28,29);5-8,10-11,17,19,24H,2-4,9,12-14H2,1H3,(H,26,27);4-7,9-10,16,18,23H,2-3,8,11-13H2,1H3,(H,25,26);3-6,8-9,15,17,22H,2,7,10-12H2,1H3,(H,24,25)/t19-,21?;18-,21?;17-,19?;16-,18?;15-,17?/m01000/s1. The molecule has 0 saturated carbocycles. The highest BCUT2D eigenvalue weighted by molar-refractivity contribution is 7.15. The summed E-state index contributed by atoms with van der Waals surface area (Å²) in [6, 6.07) is 54.4. The molecule has 10 atom stereocenters. The highest BCUT2D eigenvalue weighted by atomic mass is 32.1. The number of allylic oxidation sites excluding steroid dienone is 1. The lowest BCUT2D eigenvalue weighted by molar-refractivity contribution is -0.118. The largest absolute Gasteiger partial charge is 0.477 e. The second kappa shape index (κ2) is 58.3. The molecule has 778 valence electrons. The van der Waals surface area contributed by atoms with Crippen LogP contribution >= 0.6 is 56.7 Å². The summed E-state index contributed by atoms with van der Waals surface area (Å²) in [6.45, 7) is 13.3. The van der Waals surface area contributed by atoms with Crippen molar-refractivity contribution in [3.8, 4) is 0 Å². The minimum atomic E-state index is -0.935. The van der Waals surface area contributed by atoms with Crippen molar-refractivity contribution in [3.63, 3.8) is 0 Å². The van der Waals surface area contributed by atoms with Crippen LogP contribution in [0, 0.1) is 0 Å². The summed E-state index contributed by atoms with van der Waals surface area (Å²) < 4.78 is 23.1. The highest BCUT2D eigenvalue weighted by Gasteiger charge is 2.38. The van der Waals surface area contributed by atoms with Crippen LogP contribution in [0.4, 0.5) is 28.4 Å². The third-order valence-corrected chi connectivity index (χ3v) is 31.1. The van der Waals surface area contributed by atoms with Gasteiger partial charge in [0.1, 0.15) is 24.4 Å². The molecule has 5 saturated heterocycles. The maximum atomic E-state index is 12.5. The zero-order valence-corrected chi connectivity index (χ0v) is 86.8. The molecular formula is C111H135N5O24S5. The fraction of sp³-hybridized carbons (Fsp3) is 0.441. The molecule has 5 aliphatic rings. The van der Waals surface area contributed by atoms with Crippen molar-refractivity contribution in [1.82, 2.24) is 0 Å². The quantitative estimate of drug-likeness (QED) is 0.0125. The number of carbonyl (C=O) groups excluding carboxylic acids is 5. The minimum absolute atomic E-state index is 0.00302. The Balaban J connectivity index is 0.000000173. The van der Waals surface area contributed by atoms with E-state index in [0.717, 1.165) is 183 Å². The van der Waals surface area contributed by atoms with Crippen LogP contribution in [0.5, 0.6) is 0 Å². The Hall–Kier alpha value is -11.3. The van der Waals surface area contributed by atoms with Crippen molar-refractivity contribution in [2.75, 3.05) is 50.9 Å². The lowest BCUT2D eigenvalue weighted by Crippen LogP contribution is -2.36. The van der Waals surface area contributed by atoms with Crippen LogP contribution in [0.1, 0.15) is 326 Å². The van der Waals surface area contributed by atoms with Crippen LogP contribution in [-0.2, 0) is 75.8 Å². The number of carboxylic acids is 5. The summed E-state index contributed by atoms with van der Waals surface area (Å²) in [6.07, 6.45) is 22.8. The van der Waals surface area contributed by atoms with Crippen molar-refractivity contribution in [2.45, 2.75) is 289 Å². The number of rotatable bonds is 49. The molecular weight excluding hydrogens is 1950 g/mol. The summed E-state index contributed by atoms with van der Waals surface area (Å²) in [5.74, 6) is -4.25. The predicted molar refractivity (Wildman–Crippen MR) is 565 cm³/mol. The number of hydrogen-bond donors (Lipinski definition) is 10. The molecule has 5 unspecified atom stereocenters. The number of hydrogen-bond acceptors (Lipinski definition) is 24. The second-order valence-electron chi connectivity index (χ2n) is 36.5.